The van der Waals surface area contributed by atoms with E-state index in [4.69, 9.17) is 21.1 Å². The Morgan fingerprint density at radius 3 is 2.69 bits per heavy atom. The van der Waals surface area contributed by atoms with E-state index in [-0.39, 0.29) is 6.79 Å². The number of fused-ring (bicyclic) bond motifs is 1. The minimum Gasteiger partial charge on any atom is -0.454 e. The summed E-state index contributed by atoms with van der Waals surface area (Å²) in [7, 11) is 0. The summed E-state index contributed by atoms with van der Waals surface area (Å²) in [6.45, 7) is 0.567. The van der Waals surface area contributed by atoms with E-state index in [9.17, 15) is 4.79 Å². The molecule has 0 spiro atoms. The van der Waals surface area contributed by atoms with Crippen LogP contribution in [0.25, 0.3) is 0 Å². The van der Waals surface area contributed by atoms with Gasteiger partial charge in [-0.05, 0) is 39.7 Å². The SMILES string of the molecule is O=Cc1c(Br)nc(Sc2ccccc2)n1Cc1cc2c(cc1Cl)OCO2. The lowest BCUT2D eigenvalue weighted by Crippen LogP contribution is -2.06. The van der Waals surface area contributed by atoms with Crippen LogP contribution >= 0.6 is 39.3 Å². The van der Waals surface area contributed by atoms with Crippen molar-refractivity contribution in [3.63, 3.8) is 0 Å². The molecule has 4 rings (SSSR count). The Labute approximate surface area is 167 Å². The second-order valence-corrected chi connectivity index (χ2v) is 7.69. The second kappa shape index (κ2) is 7.34. The molecular formula is C18H12BrClN2O3S. The van der Waals surface area contributed by atoms with Crippen LogP contribution in [-0.4, -0.2) is 22.6 Å². The normalized spacial score (nSPS) is 12.4. The van der Waals surface area contributed by atoms with Crippen molar-refractivity contribution < 1.29 is 14.3 Å². The number of ether oxygens (including phenoxy) is 2. The standard InChI is InChI=1S/C18H12BrClN2O3S/c19-17-14(9-23)22(18(21-17)26-12-4-2-1-3-5-12)8-11-6-15-16(7-13(11)20)25-10-24-15/h1-7,9H,8,10H2. The maximum Gasteiger partial charge on any atom is 0.231 e. The first-order valence-corrected chi connectivity index (χ1v) is 9.66. The van der Waals surface area contributed by atoms with Crippen LogP contribution in [0.1, 0.15) is 16.1 Å². The van der Waals surface area contributed by atoms with E-state index in [1.165, 1.54) is 11.8 Å². The summed E-state index contributed by atoms with van der Waals surface area (Å²) in [4.78, 5) is 17.1. The van der Waals surface area contributed by atoms with Crippen molar-refractivity contribution in [1.82, 2.24) is 9.55 Å². The zero-order valence-electron chi connectivity index (χ0n) is 13.3. The number of carbonyl (C=O) groups excluding carboxylic acids is 1. The van der Waals surface area contributed by atoms with E-state index >= 15 is 0 Å². The van der Waals surface area contributed by atoms with Gasteiger partial charge >= 0.3 is 0 Å². The molecular weight excluding hydrogens is 440 g/mol. The zero-order valence-corrected chi connectivity index (χ0v) is 16.5. The molecule has 0 saturated heterocycles. The lowest BCUT2D eigenvalue weighted by molar-refractivity contribution is 0.111. The molecule has 0 bridgehead atoms. The Hall–Kier alpha value is -1.96. The molecule has 132 valence electrons. The smallest absolute Gasteiger partial charge is 0.231 e. The Kier molecular flexibility index (Phi) is 4.93. The van der Waals surface area contributed by atoms with Crippen molar-refractivity contribution in [2.75, 3.05) is 6.79 Å². The number of aromatic nitrogens is 2. The third-order valence-electron chi connectivity index (χ3n) is 3.86. The quantitative estimate of drug-likeness (QED) is 0.509. The third kappa shape index (κ3) is 3.34. The summed E-state index contributed by atoms with van der Waals surface area (Å²) >= 11 is 11.2. The van der Waals surface area contributed by atoms with Gasteiger partial charge in [-0.1, -0.05) is 41.6 Å². The molecule has 0 atom stereocenters. The third-order valence-corrected chi connectivity index (χ3v) is 5.80. The van der Waals surface area contributed by atoms with Gasteiger partial charge in [0.05, 0.1) is 6.54 Å². The molecule has 5 nitrogen and oxygen atoms in total. The molecule has 0 saturated carbocycles. The summed E-state index contributed by atoms with van der Waals surface area (Å²) in [6.07, 6.45) is 0.785. The zero-order chi connectivity index (χ0) is 18.1. The van der Waals surface area contributed by atoms with Crippen molar-refractivity contribution in [2.45, 2.75) is 16.6 Å². The van der Waals surface area contributed by atoms with Gasteiger partial charge in [-0.3, -0.25) is 4.79 Å². The highest BCUT2D eigenvalue weighted by Crippen LogP contribution is 2.38. The molecule has 0 unspecified atom stereocenters. The van der Waals surface area contributed by atoms with Crippen molar-refractivity contribution in [3.05, 3.63) is 63.3 Å². The van der Waals surface area contributed by atoms with E-state index in [2.05, 4.69) is 20.9 Å². The molecule has 1 aromatic heterocycles. The maximum absolute atomic E-state index is 11.6. The average Bonchev–Trinajstić information content (AvgIpc) is 3.20. The molecule has 0 fully saturated rings. The molecule has 2 heterocycles. The Morgan fingerprint density at radius 2 is 1.96 bits per heavy atom. The van der Waals surface area contributed by atoms with E-state index in [0.29, 0.717) is 38.5 Å². The van der Waals surface area contributed by atoms with Crippen molar-refractivity contribution in [1.29, 1.82) is 0 Å². The van der Waals surface area contributed by atoms with Crippen LogP contribution in [0.2, 0.25) is 5.02 Å². The van der Waals surface area contributed by atoms with Crippen LogP contribution in [-0.2, 0) is 6.54 Å². The van der Waals surface area contributed by atoms with E-state index in [1.54, 1.807) is 6.07 Å². The molecule has 0 aliphatic carbocycles. The Morgan fingerprint density at radius 1 is 1.23 bits per heavy atom. The number of carbonyl (C=O) groups is 1. The lowest BCUT2D eigenvalue weighted by Gasteiger charge is -2.11. The molecule has 0 N–H and O–H groups in total. The van der Waals surface area contributed by atoms with Gasteiger partial charge in [-0.15, -0.1) is 0 Å². The lowest BCUT2D eigenvalue weighted by atomic mass is 10.2. The number of rotatable bonds is 5. The fourth-order valence-electron chi connectivity index (χ4n) is 2.60. The van der Waals surface area contributed by atoms with Gasteiger partial charge in [0.2, 0.25) is 6.79 Å². The number of halogens is 2. The molecule has 3 aromatic rings. The highest BCUT2D eigenvalue weighted by atomic mass is 79.9. The maximum atomic E-state index is 11.6. The molecule has 26 heavy (non-hydrogen) atoms. The summed E-state index contributed by atoms with van der Waals surface area (Å²) in [5.74, 6) is 1.27. The highest BCUT2D eigenvalue weighted by Gasteiger charge is 2.20. The van der Waals surface area contributed by atoms with Gasteiger partial charge in [0.15, 0.2) is 22.9 Å². The number of benzene rings is 2. The van der Waals surface area contributed by atoms with Crippen LogP contribution in [0, 0.1) is 0 Å². The first kappa shape index (κ1) is 17.5. The minimum absolute atomic E-state index is 0.181. The van der Waals surface area contributed by atoms with Gasteiger partial charge < -0.3 is 14.0 Å². The predicted octanol–water partition coefficient (Wildman–Crippen LogP) is 5.04. The van der Waals surface area contributed by atoms with Crippen LogP contribution in [0.3, 0.4) is 0 Å². The average molecular weight is 452 g/mol. The van der Waals surface area contributed by atoms with Crippen LogP contribution in [0.15, 0.2) is 57.1 Å². The van der Waals surface area contributed by atoms with E-state index in [1.807, 2.05) is 41.0 Å². The van der Waals surface area contributed by atoms with Crippen LogP contribution in [0.5, 0.6) is 11.5 Å². The number of hydrogen-bond acceptors (Lipinski definition) is 5. The summed E-state index contributed by atoms with van der Waals surface area (Å²) in [6, 6.07) is 13.4. The first-order valence-electron chi connectivity index (χ1n) is 7.68. The van der Waals surface area contributed by atoms with E-state index < -0.39 is 0 Å². The highest BCUT2D eigenvalue weighted by molar-refractivity contribution is 9.10. The van der Waals surface area contributed by atoms with Gasteiger partial charge in [-0.2, -0.15) is 0 Å². The van der Waals surface area contributed by atoms with Gasteiger partial charge in [0, 0.05) is 16.0 Å². The number of imidazole rings is 1. The topological polar surface area (TPSA) is 53.4 Å². The molecule has 0 radical (unpaired) electrons. The number of aldehydes is 1. The number of hydrogen-bond donors (Lipinski definition) is 0. The fraction of sp³-hybridized carbons (Fsp3) is 0.111. The first-order chi connectivity index (χ1) is 12.7. The molecule has 0 amide bonds. The Bertz CT molecular complexity index is 978. The largest absolute Gasteiger partial charge is 0.454 e. The van der Waals surface area contributed by atoms with Gasteiger partial charge in [0.25, 0.3) is 0 Å². The van der Waals surface area contributed by atoms with E-state index in [0.717, 1.165) is 16.7 Å². The molecule has 1 aliphatic rings. The molecule has 1 aliphatic heterocycles. The van der Waals surface area contributed by atoms with Crippen LogP contribution in [0.4, 0.5) is 0 Å². The fourth-order valence-corrected chi connectivity index (χ4v) is 4.32. The second-order valence-electron chi connectivity index (χ2n) is 5.49. The summed E-state index contributed by atoms with van der Waals surface area (Å²) in [5, 5.41) is 1.24. The number of nitrogens with zero attached hydrogens (tertiary/aromatic N) is 2. The van der Waals surface area contributed by atoms with Crippen molar-refractivity contribution >= 4 is 45.6 Å². The van der Waals surface area contributed by atoms with Crippen LogP contribution < -0.4 is 9.47 Å². The molecule has 8 heteroatoms. The van der Waals surface area contributed by atoms with Gasteiger partial charge in [-0.25, -0.2) is 4.98 Å². The summed E-state index contributed by atoms with van der Waals surface area (Å²) in [5.41, 5.74) is 1.27. The van der Waals surface area contributed by atoms with Gasteiger partial charge in [0.1, 0.15) is 10.3 Å². The predicted molar refractivity (Wildman–Crippen MR) is 103 cm³/mol. The van der Waals surface area contributed by atoms with Crippen molar-refractivity contribution in [2.24, 2.45) is 0 Å². The molecule has 2 aromatic carbocycles. The Balaban J connectivity index is 1.73. The summed E-state index contributed by atoms with van der Waals surface area (Å²) < 4.78 is 13.1. The minimum atomic E-state index is 0.181. The van der Waals surface area contributed by atoms with Crippen molar-refractivity contribution in [3.8, 4) is 11.5 Å². The monoisotopic (exact) mass is 450 g/mol.